The fourth-order valence-electron chi connectivity index (χ4n) is 4.12. The molecule has 0 radical (unpaired) electrons. The highest BCUT2D eigenvalue weighted by atomic mass is 19.4. The van der Waals surface area contributed by atoms with E-state index in [-0.39, 0.29) is 6.04 Å². The smallest absolute Gasteiger partial charge is 0.455 e. The van der Waals surface area contributed by atoms with Gasteiger partial charge in [0.2, 0.25) is 0 Å². The van der Waals surface area contributed by atoms with E-state index in [2.05, 4.69) is 16.3 Å². The van der Waals surface area contributed by atoms with Gasteiger partial charge in [-0.2, -0.15) is 18.4 Å². The summed E-state index contributed by atoms with van der Waals surface area (Å²) in [5.74, 6) is -0.766. The Morgan fingerprint density at radius 3 is 2.79 bits per heavy atom. The zero-order valence-corrected chi connectivity index (χ0v) is 15.6. The number of amides is 1. The Labute approximate surface area is 165 Å². The summed E-state index contributed by atoms with van der Waals surface area (Å²) in [7, 11) is 0. The molecule has 0 saturated carbocycles. The van der Waals surface area contributed by atoms with Crippen molar-refractivity contribution in [1.82, 2.24) is 5.32 Å². The number of hydrogen-bond donors (Lipinski definition) is 1. The van der Waals surface area contributed by atoms with Crippen LogP contribution in [0.1, 0.15) is 35.6 Å². The molecule has 0 unspecified atom stereocenters. The molecule has 0 aliphatic carbocycles. The topological polar surface area (TPSA) is 65.4 Å². The summed E-state index contributed by atoms with van der Waals surface area (Å²) >= 11 is 0. The number of rotatable bonds is 1. The third kappa shape index (κ3) is 3.48. The molecule has 8 heteroatoms. The first-order valence-corrected chi connectivity index (χ1v) is 9.24. The molecule has 1 fully saturated rings. The van der Waals surface area contributed by atoms with E-state index in [4.69, 9.17) is 4.74 Å². The van der Waals surface area contributed by atoms with Gasteiger partial charge in [-0.05, 0) is 43.5 Å². The number of anilines is 1. The molecular weight excluding hydrogens is 383 g/mol. The highest BCUT2D eigenvalue weighted by Gasteiger charge is 2.42. The fraction of sp³-hybridized carbons (Fsp3) is 0.333. The van der Waals surface area contributed by atoms with Crippen LogP contribution in [0, 0.1) is 18.3 Å². The van der Waals surface area contributed by atoms with E-state index >= 15 is 0 Å². The van der Waals surface area contributed by atoms with Crippen LogP contribution in [0.25, 0.3) is 0 Å². The predicted molar refractivity (Wildman–Crippen MR) is 99.7 cm³/mol. The highest BCUT2D eigenvalue weighted by molar-refractivity contribution is 5.82. The second kappa shape index (κ2) is 6.99. The maximum atomic E-state index is 12.7. The standard InChI is InChI=1S/C21H18F3N3O2/c1-12-3-2-4-17-19(12)16-10-14(26-20(28)21(22,23)24)7-8-27(16)15-6-5-13(11-25)9-18(15)29-17/h2-6,9,14,16H,7-8,10H2,1H3,(H,26,28)/t14-,16-/m1/s1. The quantitative estimate of drug-likeness (QED) is 0.771. The normalized spacial score (nSPS) is 20.3. The van der Waals surface area contributed by atoms with Gasteiger partial charge in [0.25, 0.3) is 0 Å². The number of aryl methyl sites for hydroxylation is 1. The Kier molecular flexibility index (Phi) is 4.61. The lowest BCUT2D eigenvalue weighted by Gasteiger charge is -2.41. The second-order valence-corrected chi connectivity index (χ2v) is 7.28. The zero-order valence-electron chi connectivity index (χ0n) is 15.6. The zero-order chi connectivity index (χ0) is 20.8. The molecule has 4 rings (SSSR count). The van der Waals surface area contributed by atoms with E-state index in [1.54, 1.807) is 18.2 Å². The largest absolute Gasteiger partial charge is 0.471 e. The van der Waals surface area contributed by atoms with Crippen molar-refractivity contribution in [1.29, 1.82) is 5.26 Å². The van der Waals surface area contributed by atoms with Crippen LogP contribution in [0.2, 0.25) is 0 Å². The number of benzene rings is 2. The van der Waals surface area contributed by atoms with Crippen molar-refractivity contribution in [2.75, 3.05) is 11.4 Å². The first-order chi connectivity index (χ1) is 13.8. The Hall–Kier alpha value is -3.21. The lowest BCUT2D eigenvalue weighted by Crippen LogP contribution is -2.49. The van der Waals surface area contributed by atoms with Crippen LogP contribution in [0.4, 0.5) is 18.9 Å². The summed E-state index contributed by atoms with van der Waals surface area (Å²) < 4.78 is 44.2. The average Bonchev–Trinajstić information content (AvgIpc) is 2.81. The van der Waals surface area contributed by atoms with Crippen molar-refractivity contribution in [3.05, 3.63) is 53.1 Å². The summed E-state index contributed by atoms with van der Waals surface area (Å²) in [5.41, 5.74) is 3.08. The monoisotopic (exact) mass is 401 g/mol. The molecule has 2 aromatic rings. The first kappa shape index (κ1) is 19.1. The highest BCUT2D eigenvalue weighted by Crippen LogP contribution is 2.48. The van der Waals surface area contributed by atoms with Crippen molar-refractivity contribution in [3.63, 3.8) is 0 Å². The Morgan fingerprint density at radius 1 is 1.28 bits per heavy atom. The van der Waals surface area contributed by atoms with E-state index in [1.165, 1.54) is 0 Å². The molecule has 0 aromatic heterocycles. The summed E-state index contributed by atoms with van der Waals surface area (Å²) in [6, 6.07) is 12.0. The number of nitriles is 1. The molecule has 0 bridgehead atoms. The average molecular weight is 401 g/mol. The van der Waals surface area contributed by atoms with Gasteiger partial charge in [-0.3, -0.25) is 4.79 Å². The number of nitrogens with one attached hydrogen (secondary N) is 1. The number of halogens is 3. The number of fused-ring (bicyclic) bond motifs is 5. The number of carbonyl (C=O) groups excluding carboxylic acids is 1. The molecule has 1 saturated heterocycles. The maximum absolute atomic E-state index is 12.7. The molecule has 150 valence electrons. The molecule has 2 heterocycles. The van der Waals surface area contributed by atoms with Crippen molar-refractivity contribution in [3.8, 4) is 17.6 Å². The fourth-order valence-corrected chi connectivity index (χ4v) is 4.12. The van der Waals surface area contributed by atoms with Gasteiger partial charge in [0.15, 0.2) is 5.75 Å². The minimum absolute atomic E-state index is 0.257. The van der Waals surface area contributed by atoms with Gasteiger partial charge in [0, 0.05) is 24.2 Å². The van der Waals surface area contributed by atoms with E-state index in [0.717, 1.165) is 16.8 Å². The van der Waals surface area contributed by atoms with Gasteiger partial charge in [-0.15, -0.1) is 0 Å². The van der Waals surface area contributed by atoms with Crippen LogP contribution in [-0.2, 0) is 4.79 Å². The third-order valence-corrected chi connectivity index (χ3v) is 5.43. The second-order valence-electron chi connectivity index (χ2n) is 7.28. The lowest BCUT2D eigenvalue weighted by molar-refractivity contribution is -0.174. The number of piperidine rings is 1. The van der Waals surface area contributed by atoms with E-state index < -0.39 is 18.1 Å². The lowest BCUT2D eigenvalue weighted by atomic mass is 9.88. The minimum Gasteiger partial charge on any atom is -0.455 e. The number of nitrogens with zero attached hydrogens (tertiary/aromatic N) is 2. The first-order valence-electron chi connectivity index (χ1n) is 9.24. The molecule has 2 aliphatic rings. The summed E-state index contributed by atoms with van der Waals surface area (Å²) in [6.45, 7) is 2.37. The molecule has 1 N–H and O–H groups in total. The Bertz CT molecular complexity index is 1010. The van der Waals surface area contributed by atoms with Gasteiger partial charge >= 0.3 is 12.1 Å². The number of alkyl halides is 3. The van der Waals surface area contributed by atoms with Crippen molar-refractivity contribution >= 4 is 11.6 Å². The molecule has 1 amide bonds. The number of ether oxygens (including phenoxy) is 1. The molecule has 29 heavy (non-hydrogen) atoms. The van der Waals surface area contributed by atoms with Gasteiger partial charge in [-0.1, -0.05) is 12.1 Å². The van der Waals surface area contributed by atoms with Gasteiger partial charge in [-0.25, -0.2) is 0 Å². The summed E-state index contributed by atoms with van der Waals surface area (Å²) in [6.07, 6.45) is -4.21. The van der Waals surface area contributed by atoms with Gasteiger partial charge in [0.1, 0.15) is 5.75 Å². The van der Waals surface area contributed by atoms with E-state index in [1.807, 2.05) is 25.1 Å². The van der Waals surface area contributed by atoms with Crippen LogP contribution in [0.5, 0.6) is 11.5 Å². The third-order valence-electron chi connectivity index (χ3n) is 5.43. The summed E-state index contributed by atoms with van der Waals surface area (Å²) in [4.78, 5) is 13.5. The van der Waals surface area contributed by atoms with Crippen LogP contribution >= 0.6 is 0 Å². The van der Waals surface area contributed by atoms with Crippen LogP contribution < -0.4 is 15.0 Å². The molecule has 2 atom stereocenters. The molecule has 0 spiro atoms. The SMILES string of the molecule is Cc1cccc2c1[C@H]1C[C@H](NC(=O)C(F)(F)F)CCN1c1ccc(C#N)cc1O2. The van der Waals surface area contributed by atoms with Crippen LogP contribution in [0.15, 0.2) is 36.4 Å². The Morgan fingerprint density at radius 2 is 2.07 bits per heavy atom. The maximum Gasteiger partial charge on any atom is 0.471 e. The van der Waals surface area contributed by atoms with E-state index in [9.17, 15) is 23.2 Å². The van der Waals surface area contributed by atoms with Crippen molar-refractivity contribution in [2.45, 2.75) is 38.0 Å². The van der Waals surface area contributed by atoms with Crippen molar-refractivity contribution < 1.29 is 22.7 Å². The van der Waals surface area contributed by atoms with Crippen LogP contribution in [0.3, 0.4) is 0 Å². The molecule has 2 aromatic carbocycles. The number of carbonyl (C=O) groups is 1. The molecular formula is C21H18F3N3O2. The minimum atomic E-state index is -4.90. The molecule has 2 aliphatic heterocycles. The van der Waals surface area contributed by atoms with Crippen molar-refractivity contribution in [2.24, 2.45) is 0 Å². The number of hydrogen-bond acceptors (Lipinski definition) is 4. The predicted octanol–water partition coefficient (Wildman–Crippen LogP) is 4.36. The van der Waals surface area contributed by atoms with Crippen LogP contribution in [-0.4, -0.2) is 24.7 Å². The van der Waals surface area contributed by atoms with E-state index in [0.29, 0.717) is 36.4 Å². The van der Waals surface area contributed by atoms with Gasteiger partial charge < -0.3 is 15.0 Å². The summed E-state index contributed by atoms with van der Waals surface area (Å²) in [5, 5.41) is 11.3. The molecule has 5 nitrogen and oxygen atoms in total. The van der Waals surface area contributed by atoms with Gasteiger partial charge in [0.05, 0.1) is 23.4 Å². The Balaban J connectivity index is 1.74.